The lowest BCUT2D eigenvalue weighted by molar-refractivity contribution is 0.173. The van der Waals surface area contributed by atoms with E-state index in [1.165, 1.54) is 0 Å². The Balaban J connectivity index is 1.75. The normalized spacial score (nSPS) is 17.4. The highest BCUT2D eigenvalue weighted by atomic mass is 16.3. The van der Waals surface area contributed by atoms with Crippen LogP contribution in [-0.2, 0) is 6.54 Å². The van der Waals surface area contributed by atoms with E-state index in [1.54, 1.807) is 6.26 Å². The second-order valence-electron chi connectivity index (χ2n) is 4.41. The predicted molar refractivity (Wildman–Crippen MR) is 60.9 cm³/mol. The zero-order chi connectivity index (χ0) is 11.4. The van der Waals surface area contributed by atoms with Gasteiger partial charge >= 0.3 is 6.03 Å². The first-order chi connectivity index (χ1) is 7.75. The topological polar surface area (TPSA) is 45.5 Å². The van der Waals surface area contributed by atoms with Crippen LogP contribution in [0.1, 0.15) is 25.5 Å². The molecule has 1 aromatic heterocycles. The lowest BCUT2D eigenvalue weighted by atomic mass is 10.00. The van der Waals surface area contributed by atoms with E-state index >= 15 is 0 Å². The summed E-state index contributed by atoms with van der Waals surface area (Å²) in [6.07, 6.45) is 3.83. The predicted octanol–water partition coefficient (Wildman–Crippen LogP) is 2.22. The number of carbonyl (C=O) groups is 1. The fourth-order valence-electron chi connectivity index (χ4n) is 1.90. The van der Waals surface area contributed by atoms with Crippen LogP contribution in [0.3, 0.4) is 0 Å². The number of nitrogens with one attached hydrogen (secondary N) is 1. The average molecular weight is 222 g/mol. The number of furan rings is 1. The van der Waals surface area contributed by atoms with Gasteiger partial charge in [0.25, 0.3) is 0 Å². The maximum absolute atomic E-state index is 11.8. The van der Waals surface area contributed by atoms with Crippen molar-refractivity contribution in [3.63, 3.8) is 0 Å². The Morgan fingerprint density at radius 3 is 2.94 bits per heavy atom. The van der Waals surface area contributed by atoms with Gasteiger partial charge in [-0.15, -0.1) is 0 Å². The van der Waals surface area contributed by atoms with Gasteiger partial charge in [0.05, 0.1) is 12.8 Å². The maximum atomic E-state index is 11.8. The summed E-state index contributed by atoms with van der Waals surface area (Å²) >= 11 is 0. The Hall–Kier alpha value is -1.45. The minimum absolute atomic E-state index is 0.0169. The molecule has 0 radical (unpaired) electrons. The SMILES string of the molecule is CC1CCN(C(=O)NCc2ccco2)CC1. The van der Waals surface area contributed by atoms with Gasteiger partial charge in [0.1, 0.15) is 5.76 Å². The van der Waals surface area contributed by atoms with E-state index in [1.807, 2.05) is 17.0 Å². The molecule has 1 saturated heterocycles. The highest BCUT2D eigenvalue weighted by Gasteiger charge is 2.19. The third-order valence-electron chi connectivity index (χ3n) is 3.06. The van der Waals surface area contributed by atoms with Crippen LogP contribution >= 0.6 is 0 Å². The molecule has 1 aromatic rings. The third-order valence-corrected chi connectivity index (χ3v) is 3.06. The first kappa shape index (κ1) is 11.0. The van der Waals surface area contributed by atoms with Gasteiger partial charge in [0.2, 0.25) is 0 Å². The summed E-state index contributed by atoms with van der Waals surface area (Å²) in [5.41, 5.74) is 0. The molecule has 0 bridgehead atoms. The molecule has 0 spiro atoms. The summed E-state index contributed by atoms with van der Waals surface area (Å²) in [5.74, 6) is 1.54. The van der Waals surface area contributed by atoms with Gasteiger partial charge in [-0.25, -0.2) is 4.79 Å². The van der Waals surface area contributed by atoms with Crippen LogP contribution in [-0.4, -0.2) is 24.0 Å². The highest BCUT2D eigenvalue weighted by molar-refractivity contribution is 5.74. The smallest absolute Gasteiger partial charge is 0.317 e. The van der Waals surface area contributed by atoms with Crippen LogP contribution in [0.5, 0.6) is 0 Å². The summed E-state index contributed by atoms with van der Waals surface area (Å²) < 4.78 is 5.16. The van der Waals surface area contributed by atoms with Crippen molar-refractivity contribution >= 4 is 6.03 Å². The van der Waals surface area contributed by atoms with Gasteiger partial charge in [0.15, 0.2) is 0 Å². The number of hydrogen-bond acceptors (Lipinski definition) is 2. The van der Waals surface area contributed by atoms with Crippen molar-refractivity contribution in [3.8, 4) is 0 Å². The summed E-state index contributed by atoms with van der Waals surface area (Å²) in [6, 6.07) is 3.70. The summed E-state index contributed by atoms with van der Waals surface area (Å²) in [7, 11) is 0. The van der Waals surface area contributed by atoms with E-state index in [0.29, 0.717) is 6.54 Å². The number of urea groups is 1. The first-order valence-electron chi connectivity index (χ1n) is 5.81. The van der Waals surface area contributed by atoms with Crippen LogP contribution in [0.25, 0.3) is 0 Å². The highest BCUT2D eigenvalue weighted by Crippen LogP contribution is 2.15. The Bertz CT molecular complexity index is 327. The molecule has 16 heavy (non-hydrogen) atoms. The Kier molecular flexibility index (Phi) is 3.49. The molecule has 2 heterocycles. The molecule has 1 N–H and O–H groups in total. The van der Waals surface area contributed by atoms with Crippen LogP contribution in [0.2, 0.25) is 0 Å². The molecule has 88 valence electrons. The number of nitrogens with zero attached hydrogens (tertiary/aromatic N) is 1. The molecule has 0 unspecified atom stereocenters. The molecule has 4 nitrogen and oxygen atoms in total. The molecule has 2 rings (SSSR count). The minimum Gasteiger partial charge on any atom is -0.467 e. The van der Waals surface area contributed by atoms with E-state index in [2.05, 4.69) is 12.2 Å². The van der Waals surface area contributed by atoms with E-state index in [4.69, 9.17) is 4.42 Å². The zero-order valence-corrected chi connectivity index (χ0v) is 9.61. The summed E-state index contributed by atoms with van der Waals surface area (Å²) in [4.78, 5) is 13.7. The molecular weight excluding hydrogens is 204 g/mol. The summed E-state index contributed by atoms with van der Waals surface area (Å²) in [5, 5.41) is 2.86. The minimum atomic E-state index is 0.0169. The van der Waals surface area contributed by atoms with Crippen LogP contribution < -0.4 is 5.32 Å². The monoisotopic (exact) mass is 222 g/mol. The standard InChI is InChI=1S/C12H18N2O2/c1-10-4-6-14(7-5-10)12(15)13-9-11-3-2-8-16-11/h2-3,8,10H,4-7,9H2,1H3,(H,13,15). The Morgan fingerprint density at radius 1 is 1.56 bits per heavy atom. The first-order valence-corrected chi connectivity index (χ1v) is 5.81. The van der Waals surface area contributed by atoms with E-state index in [0.717, 1.165) is 37.6 Å². The van der Waals surface area contributed by atoms with Crippen LogP contribution in [0.15, 0.2) is 22.8 Å². The molecule has 1 aliphatic rings. The van der Waals surface area contributed by atoms with Gasteiger partial charge in [0, 0.05) is 13.1 Å². The maximum Gasteiger partial charge on any atom is 0.317 e. The molecule has 0 atom stereocenters. The van der Waals surface area contributed by atoms with Gasteiger partial charge in [-0.1, -0.05) is 6.92 Å². The molecule has 2 amide bonds. The second kappa shape index (κ2) is 5.05. The van der Waals surface area contributed by atoms with Crippen LogP contribution in [0.4, 0.5) is 4.79 Å². The molecular formula is C12H18N2O2. The average Bonchev–Trinajstić information content (AvgIpc) is 2.80. The van der Waals surface area contributed by atoms with Gasteiger partial charge in [-0.3, -0.25) is 0 Å². The van der Waals surface area contributed by atoms with Crippen molar-refractivity contribution in [2.75, 3.05) is 13.1 Å². The molecule has 1 aliphatic heterocycles. The van der Waals surface area contributed by atoms with Crippen molar-refractivity contribution in [2.45, 2.75) is 26.3 Å². The zero-order valence-electron chi connectivity index (χ0n) is 9.61. The van der Waals surface area contributed by atoms with E-state index < -0.39 is 0 Å². The van der Waals surface area contributed by atoms with Crippen molar-refractivity contribution in [1.82, 2.24) is 10.2 Å². The number of likely N-dealkylation sites (tertiary alicyclic amines) is 1. The lowest BCUT2D eigenvalue weighted by Crippen LogP contribution is -2.43. The van der Waals surface area contributed by atoms with Crippen molar-refractivity contribution in [1.29, 1.82) is 0 Å². The molecule has 0 saturated carbocycles. The van der Waals surface area contributed by atoms with Crippen molar-refractivity contribution in [3.05, 3.63) is 24.2 Å². The quantitative estimate of drug-likeness (QED) is 0.834. The van der Waals surface area contributed by atoms with E-state index in [-0.39, 0.29) is 6.03 Å². The largest absolute Gasteiger partial charge is 0.467 e. The van der Waals surface area contributed by atoms with Crippen LogP contribution in [0, 0.1) is 5.92 Å². The van der Waals surface area contributed by atoms with Crippen molar-refractivity contribution in [2.24, 2.45) is 5.92 Å². The molecule has 0 aliphatic carbocycles. The fourth-order valence-corrected chi connectivity index (χ4v) is 1.90. The number of amides is 2. The van der Waals surface area contributed by atoms with Gasteiger partial charge in [-0.2, -0.15) is 0 Å². The van der Waals surface area contributed by atoms with Crippen molar-refractivity contribution < 1.29 is 9.21 Å². The Morgan fingerprint density at radius 2 is 2.31 bits per heavy atom. The van der Waals surface area contributed by atoms with Gasteiger partial charge in [-0.05, 0) is 30.9 Å². The van der Waals surface area contributed by atoms with E-state index in [9.17, 15) is 4.79 Å². The number of hydrogen-bond donors (Lipinski definition) is 1. The van der Waals surface area contributed by atoms with Gasteiger partial charge < -0.3 is 14.6 Å². The molecule has 4 heteroatoms. The molecule has 1 fully saturated rings. The lowest BCUT2D eigenvalue weighted by Gasteiger charge is -2.30. The Labute approximate surface area is 95.6 Å². The second-order valence-corrected chi connectivity index (χ2v) is 4.41. The number of piperidine rings is 1. The molecule has 0 aromatic carbocycles. The third kappa shape index (κ3) is 2.78. The number of rotatable bonds is 2. The number of carbonyl (C=O) groups excluding carboxylic acids is 1. The fraction of sp³-hybridized carbons (Fsp3) is 0.583. The summed E-state index contributed by atoms with van der Waals surface area (Å²) in [6.45, 7) is 4.44.